The summed E-state index contributed by atoms with van der Waals surface area (Å²) in [7, 11) is 0. The van der Waals surface area contributed by atoms with Gasteiger partial charge >= 0.3 is 0 Å². The van der Waals surface area contributed by atoms with E-state index in [2.05, 4.69) is 71.3 Å². The first-order valence-corrected chi connectivity index (χ1v) is 9.79. The number of carbonyl (C=O) groups is 1. The minimum absolute atomic E-state index is 0.105. The van der Waals surface area contributed by atoms with Gasteiger partial charge in [0.15, 0.2) is 0 Å². The molecule has 1 heterocycles. The van der Waals surface area contributed by atoms with Gasteiger partial charge in [0.05, 0.1) is 5.56 Å². The average molecular weight is 374 g/mol. The number of Topliss-reactive ketones (excluding diaryl/α,β-unsaturated/α-hetero) is 1. The summed E-state index contributed by atoms with van der Waals surface area (Å²) in [5.41, 5.74) is 3.97. The predicted octanol–water partition coefficient (Wildman–Crippen LogP) is 5.83. The molecule has 0 saturated heterocycles. The van der Waals surface area contributed by atoms with Crippen LogP contribution in [0.25, 0.3) is 32.9 Å². The van der Waals surface area contributed by atoms with Crippen molar-refractivity contribution < 1.29 is 9.36 Å². The summed E-state index contributed by atoms with van der Waals surface area (Å²) in [6.07, 6.45) is 0. The Bertz CT molecular complexity index is 1330. The summed E-state index contributed by atoms with van der Waals surface area (Å²) < 4.78 is 2.15. The molecule has 138 valence electrons. The molecular formula is C27H20NO+. The van der Waals surface area contributed by atoms with Crippen LogP contribution < -0.4 is 4.57 Å². The number of hydrogen-bond acceptors (Lipinski definition) is 1. The number of carbonyl (C=O) groups excluding carboxylic acids is 1. The first kappa shape index (κ1) is 17.3. The number of aromatic nitrogens is 1. The van der Waals surface area contributed by atoms with Crippen molar-refractivity contribution in [2.75, 3.05) is 0 Å². The van der Waals surface area contributed by atoms with Gasteiger partial charge in [-0.15, -0.1) is 0 Å². The molecule has 0 saturated carbocycles. The minimum atomic E-state index is 0.105. The van der Waals surface area contributed by atoms with Gasteiger partial charge in [-0.2, -0.15) is 4.57 Å². The van der Waals surface area contributed by atoms with Crippen LogP contribution >= 0.6 is 0 Å². The Kier molecular flexibility index (Phi) is 4.38. The van der Waals surface area contributed by atoms with E-state index in [4.69, 9.17) is 0 Å². The normalized spacial score (nSPS) is 11.0. The van der Waals surface area contributed by atoms with Gasteiger partial charge in [0.25, 0.3) is 0 Å². The maximum atomic E-state index is 13.1. The Hall–Kier alpha value is -3.78. The van der Waals surface area contributed by atoms with Crippen molar-refractivity contribution in [2.24, 2.45) is 0 Å². The zero-order valence-corrected chi connectivity index (χ0v) is 16.0. The standard InChI is InChI=1S/C27H20NO/c29-27(22-11-2-1-3-12-22)19-28-25-16-7-5-10-21(25)17-18-26(28)24-15-8-13-20-9-4-6-14-23(20)24/h1-18H,19H2/q+1. The first-order chi connectivity index (χ1) is 14.3. The van der Waals surface area contributed by atoms with Crippen LogP contribution in [0.1, 0.15) is 10.4 Å². The summed E-state index contributed by atoms with van der Waals surface area (Å²) in [4.78, 5) is 13.1. The predicted molar refractivity (Wildman–Crippen MR) is 118 cm³/mol. The van der Waals surface area contributed by atoms with Crippen LogP contribution in [0.3, 0.4) is 0 Å². The maximum Gasteiger partial charge on any atom is 0.227 e. The molecule has 0 aliphatic rings. The monoisotopic (exact) mass is 374 g/mol. The van der Waals surface area contributed by atoms with Gasteiger partial charge in [0.2, 0.25) is 23.5 Å². The van der Waals surface area contributed by atoms with Gasteiger partial charge in [0.1, 0.15) is 0 Å². The number of pyridine rings is 1. The van der Waals surface area contributed by atoms with Crippen molar-refractivity contribution in [3.05, 3.63) is 115 Å². The second kappa shape index (κ2) is 7.33. The Labute approximate surface area is 169 Å². The quantitative estimate of drug-likeness (QED) is 0.286. The molecule has 0 aliphatic carbocycles. The van der Waals surface area contributed by atoms with E-state index in [0.29, 0.717) is 6.54 Å². The van der Waals surface area contributed by atoms with Gasteiger partial charge in [-0.3, -0.25) is 4.79 Å². The average Bonchev–Trinajstić information content (AvgIpc) is 2.79. The summed E-state index contributed by atoms with van der Waals surface area (Å²) in [5, 5.41) is 3.50. The van der Waals surface area contributed by atoms with Gasteiger partial charge in [0, 0.05) is 23.1 Å². The molecule has 0 aliphatic heterocycles. The van der Waals surface area contributed by atoms with E-state index in [9.17, 15) is 4.79 Å². The van der Waals surface area contributed by atoms with Crippen molar-refractivity contribution in [2.45, 2.75) is 6.54 Å². The Balaban J connectivity index is 1.74. The van der Waals surface area contributed by atoms with E-state index in [-0.39, 0.29) is 5.78 Å². The molecule has 0 amide bonds. The fourth-order valence-electron chi connectivity index (χ4n) is 3.98. The molecule has 0 bridgehead atoms. The van der Waals surface area contributed by atoms with Crippen LogP contribution in [0.15, 0.2) is 109 Å². The number of para-hydroxylation sites is 1. The lowest BCUT2D eigenvalue weighted by molar-refractivity contribution is -0.645. The SMILES string of the molecule is O=C(C[n+]1c(-c2cccc3ccccc23)ccc2ccccc21)c1ccccc1. The van der Waals surface area contributed by atoms with Gasteiger partial charge < -0.3 is 0 Å². The second-order valence-electron chi connectivity index (χ2n) is 7.18. The van der Waals surface area contributed by atoms with Crippen LogP contribution in [0.2, 0.25) is 0 Å². The van der Waals surface area contributed by atoms with Gasteiger partial charge in [-0.1, -0.05) is 78.9 Å². The number of ketones is 1. The number of benzene rings is 4. The lowest BCUT2D eigenvalue weighted by atomic mass is 10.00. The Morgan fingerprint density at radius 2 is 1.31 bits per heavy atom. The Morgan fingerprint density at radius 3 is 2.17 bits per heavy atom. The van der Waals surface area contributed by atoms with Crippen LogP contribution in [0.4, 0.5) is 0 Å². The largest absolute Gasteiger partial charge is 0.287 e. The molecule has 0 spiro atoms. The van der Waals surface area contributed by atoms with E-state index in [0.717, 1.165) is 27.7 Å². The molecule has 1 aromatic heterocycles. The summed E-state index contributed by atoms with van der Waals surface area (Å²) in [5.74, 6) is 0.105. The summed E-state index contributed by atoms with van der Waals surface area (Å²) in [6, 6.07) is 36.7. The van der Waals surface area contributed by atoms with E-state index < -0.39 is 0 Å². The number of fused-ring (bicyclic) bond motifs is 2. The molecule has 0 atom stereocenters. The molecular weight excluding hydrogens is 354 g/mol. The lowest BCUT2D eigenvalue weighted by Gasteiger charge is -2.10. The van der Waals surface area contributed by atoms with E-state index in [1.807, 2.05) is 42.5 Å². The Morgan fingerprint density at radius 1 is 0.621 bits per heavy atom. The molecule has 0 unspecified atom stereocenters. The molecule has 4 aromatic carbocycles. The van der Waals surface area contributed by atoms with Crippen LogP contribution in [-0.2, 0) is 6.54 Å². The van der Waals surface area contributed by atoms with Crippen molar-refractivity contribution in [1.82, 2.24) is 0 Å². The summed E-state index contributed by atoms with van der Waals surface area (Å²) in [6.45, 7) is 0.296. The third-order valence-corrected chi connectivity index (χ3v) is 5.40. The van der Waals surface area contributed by atoms with Crippen molar-refractivity contribution >= 4 is 27.5 Å². The van der Waals surface area contributed by atoms with Crippen molar-refractivity contribution in [1.29, 1.82) is 0 Å². The van der Waals surface area contributed by atoms with Crippen molar-refractivity contribution in [3.63, 3.8) is 0 Å². The summed E-state index contributed by atoms with van der Waals surface area (Å²) >= 11 is 0. The zero-order chi connectivity index (χ0) is 19.6. The smallest absolute Gasteiger partial charge is 0.227 e. The highest BCUT2D eigenvalue weighted by molar-refractivity contribution is 5.97. The van der Waals surface area contributed by atoms with Crippen LogP contribution in [0, 0.1) is 0 Å². The third kappa shape index (κ3) is 3.19. The van der Waals surface area contributed by atoms with Crippen LogP contribution in [0.5, 0.6) is 0 Å². The molecule has 0 radical (unpaired) electrons. The highest BCUT2D eigenvalue weighted by atomic mass is 16.1. The fraction of sp³-hybridized carbons (Fsp3) is 0.0370. The maximum absolute atomic E-state index is 13.1. The number of nitrogens with zero attached hydrogens (tertiary/aromatic N) is 1. The second-order valence-corrected chi connectivity index (χ2v) is 7.18. The molecule has 0 N–H and O–H groups in total. The van der Waals surface area contributed by atoms with E-state index >= 15 is 0 Å². The molecule has 0 fully saturated rings. The lowest BCUT2D eigenvalue weighted by Crippen LogP contribution is -2.41. The van der Waals surface area contributed by atoms with Gasteiger partial charge in [-0.25, -0.2) is 0 Å². The molecule has 29 heavy (non-hydrogen) atoms. The topological polar surface area (TPSA) is 20.9 Å². The highest BCUT2D eigenvalue weighted by Crippen LogP contribution is 2.28. The third-order valence-electron chi connectivity index (χ3n) is 5.40. The first-order valence-electron chi connectivity index (χ1n) is 9.79. The number of hydrogen-bond donors (Lipinski definition) is 0. The van der Waals surface area contributed by atoms with E-state index in [1.54, 1.807) is 0 Å². The molecule has 5 rings (SSSR count). The van der Waals surface area contributed by atoms with Gasteiger partial charge in [-0.05, 0) is 29.0 Å². The van der Waals surface area contributed by atoms with E-state index in [1.165, 1.54) is 10.8 Å². The highest BCUT2D eigenvalue weighted by Gasteiger charge is 2.22. The molecule has 2 heteroatoms. The van der Waals surface area contributed by atoms with Crippen molar-refractivity contribution in [3.8, 4) is 11.3 Å². The fourth-order valence-corrected chi connectivity index (χ4v) is 3.98. The molecule has 2 nitrogen and oxygen atoms in total. The van der Waals surface area contributed by atoms with Crippen LogP contribution in [-0.4, -0.2) is 5.78 Å². The zero-order valence-electron chi connectivity index (χ0n) is 16.0. The molecule has 5 aromatic rings. The number of rotatable bonds is 4. The minimum Gasteiger partial charge on any atom is -0.287 e.